The summed E-state index contributed by atoms with van der Waals surface area (Å²) in [5.74, 6) is 1.80. The molecule has 1 fully saturated rings. The normalized spacial score (nSPS) is 15.8. The van der Waals surface area contributed by atoms with Crippen molar-refractivity contribution >= 4 is 5.96 Å². The first-order valence-corrected chi connectivity index (χ1v) is 11.0. The van der Waals surface area contributed by atoms with Gasteiger partial charge in [-0.15, -0.1) is 0 Å². The zero-order valence-electron chi connectivity index (χ0n) is 19.1. The van der Waals surface area contributed by atoms with Gasteiger partial charge in [0.25, 0.3) is 0 Å². The molecule has 0 aromatic heterocycles. The predicted octanol–water partition coefficient (Wildman–Crippen LogP) is 2.97. The topological polar surface area (TPSA) is 67.4 Å². The Morgan fingerprint density at radius 1 is 1.09 bits per heavy atom. The lowest BCUT2D eigenvalue weighted by Crippen LogP contribution is -2.46. The zero-order chi connectivity index (χ0) is 22.8. The molecule has 1 saturated heterocycles. The van der Waals surface area contributed by atoms with Gasteiger partial charge in [-0.1, -0.05) is 24.3 Å². The molecule has 2 N–H and O–H groups in total. The van der Waals surface area contributed by atoms with E-state index in [1.165, 1.54) is 6.07 Å². The van der Waals surface area contributed by atoms with E-state index in [0.29, 0.717) is 49.3 Å². The van der Waals surface area contributed by atoms with Gasteiger partial charge in [-0.2, -0.15) is 0 Å². The molecule has 1 atom stereocenters. The van der Waals surface area contributed by atoms with E-state index in [0.717, 1.165) is 18.7 Å². The number of methoxy groups -OCH3 is 2. The molecular formula is C24H33FN4O3. The monoisotopic (exact) mass is 444 g/mol. The number of nitrogens with one attached hydrogen (secondary N) is 2. The van der Waals surface area contributed by atoms with Crippen molar-refractivity contribution in [3.8, 4) is 11.5 Å². The fourth-order valence-corrected chi connectivity index (χ4v) is 3.73. The Bertz CT molecular complexity index is 887. The highest BCUT2D eigenvalue weighted by Crippen LogP contribution is 2.32. The summed E-state index contributed by atoms with van der Waals surface area (Å²) in [5, 5.41) is 6.69. The van der Waals surface area contributed by atoms with Crippen LogP contribution in [0.4, 0.5) is 4.39 Å². The third-order valence-electron chi connectivity index (χ3n) is 5.45. The number of ether oxygens (including phenoxy) is 3. The second-order valence-electron chi connectivity index (χ2n) is 7.45. The van der Waals surface area contributed by atoms with Crippen LogP contribution in [0, 0.1) is 5.82 Å². The molecule has 2 aromatic rings. The van der Waals surface area contributed by atoms with Crippen molar-refractivity contribution in [2.24, 2.45) is 4.99 Å². The molecule has 7 nitrogen and oxygen atoms in total. The van der Waals surface area contributed by atoms with Gasteiger partial charge in [0, 0.05) is 31.7 Å². The summed E-state index contributed by atoms with van der Waals surface area (Å²) in [6.07, 6.45) is 0. The summed E-state index contributed by atoms with van der Waals surface area (Å²) >= 11 is 0. The van der Waals surface area contributed by atoms with Crippen molar-refractivity contribution < 1.29 is 18.6 Å². The first-order chi connectivity index (χ1) is 15.7. The molecule has 1 aliphatic heterocycles. The van der Waals surface area contributed by atoms with Gasteiger partial charge in [0.2, 0.25) is 0 Å². The Labute approximate surface area is 189 Å². The second-order valence-corrected chi connectivity index (χ2v) is 7.45. The average molecular weight is 445 g/mol. The van der Waals surface area contributed by atoms with Gasteiger partial charge in [0.05, 0.1) is 40.0 Å². The number of hydrogen-bond donors (Lipinski definition) is 2. The van der Waals surface area contributed by atoms with E-state index in [9.17, 15) is 4.39 Å². The van der Waals surface area contributed by atoms with Crippen LogP contribution in [0.25, 0.3) is 0 Å². The maximum atomic E-state index is 14.0. The summed E-state index contributed by atoms with van der Waals surface area (Å²) in [6.45, 7) is 6.68. The van der Waals surface area contributed by atoms with Crippen LogP contribution in [0.3, 0.4) is 0 Å². The molecule has 3 rings (SSSR count). The molecule has 1 heterocycles. The molecule has 0 saturated carbocycles. The standard InChI is InChI=1S/C24H33FN4O3/c1-4-26-24(27-16-19-7-5-6-8-20(19)25)28-17-21(29-11-13-32-14-12-29)18-9-10-22(30-2)23(15-18)31-3/h5-10,15,21H,4,11-14,16-17H2,1-3H3,(H2,26,27,28). The van der Waals surface area contributed by atoms with Gasteiger partial charge in [0.15, 0.2) is 17.5 Å². The quantitative estimate of drug-likeness (QED) is 0.458. The molecule has 1 unspecified atom stereocenters. The minimum absolute atomic E-state index is 0.0797. The number of halogens is 1. The highest BCUT2D eigenvalue weighted by Gasteiger charge is 2.24. The van der Waals surface area contributed by atoms with Gasteiger partial charge in [-0.25, -0.2) is 9.38 Å². The van der Waals surface area contributed by atoms with E-state index in [1.807, 2.05) is 25.1 Å². The molecule has 8 heteroatoms. The van der Waals surface area contributed by atoms with Gasteiger partial charge in [-0.3, -0.25) is 4.90 Å². The third kappa shape index (κ3) is 6.34. The van der Waals surface area contributed by atoms with E-state index in [2.05, 4.69) is 26.6 Å². The lowest BCUT2D eigenvalue weighted by molar-refractivity contribution is 0.0169. The first kappa shape index (κ1) is 23.8. The van der Waals surface area contributed by atoms with Gasteiger partial charge in [0.1, 0.15) is 5.82 Å². The summed E-state index contributed by atoms with van der Waals surface area (Å²) in [4.78, 5) is 6.97. The first-order valence-electron chi connectivity index (χ1n) is 11.0. The van der Waals surface area contributed by atoms with E-state index in [4.69, 9.17) is 14.2 Å². The Morgan fingerprint density at radius 2 is 1.84 bits per heavy atom. The minimum atomic E-state index is -0.247. The minimum Gasteiger partial charge on any atom is -0.493 e. The molecule has 32 heavy (non-hydrogen) atoms. The fraction of sp³-hybridized carbons (Fsp3) is 0.458. The molecule has 0 amide bonds. The van der Waals surface area contributed by atoms with Crippen molar-refractivity contribution in [1.29, 1.82) is 0 Å². The van der Waals surface area contributed by atoms with Crippen LogP contribution in [0.2, 0.25) is 0 Å². The van der Waals surface area contributed by atoms with E-state index in [1.54, 1.807) is 26.4 Å². The fourth-order valence-electron chi connectivity index (χ4n) is 3.73. The van der Waals surface area contributed by atoms with Crippen molar-refractivity contribution in [2.75, 3.05) is 53.6 Å². The van der Waals surface area contributed by atoms with E-state index < -0.39 is 0 Å². The maximum Gasteiger partial charge on any atom is 0.191 e. The average Bonchev–Trinajstić information content (AvgIpc) is 2.84. The molecule has 2 aromatic carbocycles. The zero-order valence-corrected chi connectivity index (χ0v) is 19.1. The summed E-state index contributed by atoms with van der Waals surface area (Å²) in [6, 6.07) is 12.8. The molecule has 0 bridgehead atoms. The maximum absolute atomic E-state index is 14.0. The van der Waals surface area contributed by atoms with Crippen LogP contribution in [0.5, 0.6) is 11.5 Å². The molecule has 0 aliphatic carbocycles. The van der Waals surface area contributed by atoms with Crippen molar-refractivity contribution in [3.05, 3.63) is 59.4 Å². The molecule has 0 spiro atoms. The van der Waals surface area contributed by atoms with Gasteiger partial charge < -0.3 is 24.8 Å². The van der Waals surface area contributed by atoms with Gasteiger partial charge in [-0.05, 0) is 30.7 Å². The molecule has 1 aliphatic rings. The number of guanidine groups is 1. The SMILES string of the molecule is CCNC(=NCc1ccccc1F)NCC(c1ccc(OC)c(OC)c1)N1CCOCC1. The lowest BCUT2D eigenvalue weighted by Gasteiger charge is -2.35. The van der Waals surface area contributed by atoms with Crippen LogP contribution in [0.1, 0.15) is 24.1 Å². The Kier molecular flexibility index (Phi) is 9.13. The van der Waals surface area contributed by atoms with Crippen molar-refractivity contribution in [1.82, 2.24) is 15.5 Å². The number of nitrogens with zero attached hydrogens (tertiary/aromatic N) is 2. The van der Waals surface area contributed by atoms with E-state index in [-0.39, 0.29) is 18.4 Å². The van der Waals surface area contributed by atoms with Crippen LogP contribution in [-0.2, 0) is 11.3 Å². The van der Waals surface area contributed by atoms with Crippen LogP contribution in [0.15, 0.2) is 47.5 Å². The molecule has 174 valence electrons. The smallest absolute Gasteiger partial charge is 0.191 e. The van der Waals surface area contributed by atoms with Gasteiger partial charge >= 0.3 is 0 Å². The third-order valence-corrected chi connectivity index (χ3v) is 5.45. The predicted molar refractivity (Wildman–Crippen MR) is 124 cm³/mol. The Morgan fingerprint density at radius 3 is 2.53 bits per heavy atom. The highest BCUT2D eigenvalue weighted by atomic mass is 19.1. The Hall–Kier alpha value is -2.84. The van der Waals surface area contributed by atoms with Crippen LogP contribution in [-0.4, -0.2) is 64.5 Å². The van der Waals surface area contributed by atoms with Crippen LogP contribution >= 0.6 is 0 Å². The highest BCUT2D eigenvalue weighted by molar-refractivity contribution is 5.79. The van der Waals surface area contributed by atoms with E-state index >= 15 is 0 Å². The largest absolute Gasteiger partial charge is 0.493 e. The van der Waals surface area contributed by atoms with Crippen LogP contribution < -0.4 is 20.1 Å². The Balaban J connectivity index is 1.78. The molecular weight excluding hydrogens is 411 g/mol. The number of hydrogen-bond acceptors (Lipinski definition) is 5. The van der Waals surface area contributed by atoms with Crippen molar-refractivity contribution in [2.45, 2.75) is 19.5 Å². The number of morpholine rings is 1. The summed E-state index contributed by atoms with van der Waals surface area (Å²) in [5.41, 5.74) is 1.68. The second kappa shape index (κ2) is 12.3. The number of aliphatic imine (C=N–C) groups is 1. The number of benzene rings is 2. The van der Waals surface area contributed by atoms with Crippen molar-refractivity contribution in [3.63, 3.8) is 0 Å². The lowest BCUT2D eigenvalue weighted by atomic mass is 10.0. The summed E-state index contributed by atoms with van der Waals surface area (Å²) in [7, 11) is 3.27. The number of rotatable bonds is 9. The molecule has 0 radical (unpaired) electrons. The summed E-state index contributed by atoms with van der Waals surface area (Å²) < 4.78 is 30.5.